The van der Waals surface area contributed by atoms with E-state index >= 15 is 0 Å². The third-order valence-electron chi connectivity index (χ3n) is 7.57. The van der Waals surface area contributed by atoms with Crippen molar-refractivity contribution >= 4 is 5.69 Å². The molecule has 34 heavy (non-hydrogen) atoms. The molecule has 1 saturated heterocycles. The van der Waals surface area contributed by atoms with Crippen molar-refractivity contribution in [1.29, 1.82) is 0 Å². The van der Waals surface area contributed by atoms with Gasteiger partial charge in [0, 0.05) is 44.5 Å². The normalized spacial score (nSPS) is 17.8. The number of hydrogen-bond donors (Lipinski definition) is 1. The first-order chi connectivity index (χ1) is 16.7. The van der Waals surface area contributed by atoms with Crippen molar-refractivity contribution in [2.45, 2.75) is 51.7 Å². The average molecular weight is 454 g/mol. The van der Waals surface area contributed by atoms with Crippen molar-refractivity contribution in [2.75, 3.05) is 31.5 Å². The van der Waals surface area contributed by atoms with Crippen molar-refractivity contribution in [1.82, 2.24) is 9.80 Å². The van der Waals surface area contributed by atoms with Crippen LogP contribution in [-0.2, 0) is 13.0 Å². The van der Waals surface area contributed by atoms with Crippen LogP contribution in [0.3, 0.4) is 0 Å². The summed E-state index contributed by atoms with van der Waals surface area (Å²) < 4.78 is 0. The van der Waals surface area contributed by atoms with Crippen molar-refractivity contribution < 1.29 is 0 Å². The zero-order valence-corrected chi connectivity index (χ0v) is 20.8. The van der Waals surface area contributed by atoms with E-state index < -0.39 is 0 Å². The minimum atomic E-state index is 0.349. The van der Waals surface area contributed by atoms with E-state index in [9.17, 15) is 0 Å². The van der Waals surface area contributed by atoms with Crippen molar-refractivity contribution in [3.8, 4) is 0 Å². The summed E-state index contributed by atoms with van der Waals surface area (Å²) >= 11 is 0. The van der Waals surface area contributed by atoms with Gasteiger partial charge in [0.1, 0.15) is 0 Å². The number of likely N-dealkylation sites (tertiary alicyclic amines) is 1. The molecule has 3 heteroatoms. The third-order valence-corrected chi connectivity index (χ3v) is 7.57. The number of nitrogens with one attached hydrogen (secondary N) is 1. The predicted molar refractivity (Wildman–Crippen MR) is 143 cm³/mol. The molecule has 0 unspecified atom stereocenters. The van der Waals surface area contributed by atoms with Crippen LogP contribution in [0.1, 0.15) is 55.0 Å². The summed E-state index contributed by atoms with van der Waals surface area (Å²) in [5, 5.41) is 3.59. The molecule has 3 aromatic rings. The third kappa shape index (κ3) is 5.37. The van der Waals surface area contributed by atoms with Crippen LogP contribution >= 0.6 is 0 Å². The largest absolute Gasteiger partial charge is 0.385 e. The van der Waals surface area contributed by atoms with Gasteiger partial charge in [0.2, 0.25) is 0 Å². The first-order valence-corrected chi connectivity index (χ1v) is 13.1. The second-order valence-corrected chi connectivity index (χ2v) is 10.5. The summed E-state index contributed by atoms with van der Waals surface area (Å²) in [4.78, 5) is 5.45. The van der Waals surface area contributed by atoms with Gasteiger partial charge in [-0.25, -0.2) is 0 Å². The number of anilines is 1. The molecule has 0 spiro atoms. The molecule has 2 aliphatic rings. The van der Waals surface area contributed by atoms with Gasteiger partial charge in [-0.05, 0) is 59.6 Å². The maximum absolute atomic E-state index is 3.59. The summed E-state index contributed by atoms with van der Waals surface area (Å²) in [6.45, 7) is 10.2. The SMILES string of the molecule is CC(C)CNc1ccc2c(c1)CCN(C1CCN(C(c3ccccc3)c3ccccc3)CC1)C2. The number of fused-ring (bicyclic) bond motifs is 1. The molecule has 0 amide bonds. The van der Waals surface area contributed by atoms with Gasteiger partial charge in [0.05, 0.1) is 6.04 Å². The van der Waals surface area contributed by atoms with Gasteiger partial charge in [-0.1, -0.05) is 80.6 Å². The summed E-state index contributed by atoms with van der Waals surface area (Å²) in [6, 6.07) is 30.2. The van der Waals surface area contributed by atoms with Crippen LogP contribution < -0.4 is 5.32 Å². The highest BCUT2D eigenvalue weighted by Gasteiger charge is 2.31. The molecule has 0 atom stereocenters. The molecule has 0 radical (unpaired) electrons. The fraction of sp³-hybridized carbons (Fsp3) is 0.419. The Morgan fingerprint density at radius 3 is 2.06 bits per heavy atom. The molecule has 3 nitrogen and oxygen atoms in total. The van der Waals surface area contributed by atoms with Gasteiger partial charge in [-0.3, -0.25) is 9.80 Å². The Hall–Kier alpha value is -2.62. The van der Waals surface area contributed by atoms with Gasteiger partial charge < -0.3 is 5.32 Å². The van der Waals surface area contributed by atoms with Crippen LogP contribution in [0.15, 0.2) is 78.9 Å². The molecule has 0 bridgehead atoms. The lowest BCUT2D eigenvalue weighted by molar-refractivity contribution is 0.0843. The second kappa shape index (κ2) is 10.8. The van der Waals surface area contributed by atoms with Crippen molar-refractivity contribution in [3.63, 3.8) is 0 Å². The van der Waals surface area contributed by atoms with E-state index in [0.29, 0.717) is 18.0 Å². The zero-order valence-electron chi connectivity index (χ0n) is 20.8. The molecule has 2 heterocycles. The highest BCUT2D eigenvalue weighted by Crippen LogP contribution is 2.33. The topological polar surface area (TPSA) is 18.5 Å². The Labute approximate surface area is 205 Å². The number of hydrogen-bond acceptors (Lipinski definition) is 3. The average Bonchev–Trinajstić information content (AvgIpc) is 2.89. The van der Waals surface area contributed by atoms with Crippen molar-refractivity contribution in [3.05, 3.63) is 101 Å². The Bertz CT molecular complexity index is 999. The van der Waals surface area contributed by atoms with Crippen LogP contribution in [0.2, 0.25) is 0 Å². The Balaban J connectivity index is 1.23. The molecule has 0 saturated carbocycles. The van der Waals surface area contributed by atoms with Gasteiger partial charge in [0.25, 0.3) is 0 Å². The first-order valence-electron chi connectivity index (χ1n) is 13.1. The molecule has 0 aromatic heterocycles. The van der Waals surface area contributed by atoms with Gasteiger partial charge in [-0.2, -0.15) is 0 Å². The Morgan fingerprint density at radius 1 is 0.794 bits per heavy atom. The fourth-order valence-corrected chi connectivity index (χ4v) is 5.71. The van der Waals surface area contributed by atoms with E-state index in [1.807, 2.05) is 0 Å². The maximum Gasteiger partial charge on any atom is 0.0601 e. The minimum Gasteiger partial charge on any atom is -0.385 e. The highest BCUT2D eigenvalue weighted by atomic mass is 15.2. The molecule has 3 aromatic carbocycles. The molecule has 1 fully saturated rings. The zero-order chi connectivity index (χ0) is 23.3. The van der Waals surface area contributed by atoms with E-state index in [1.165, 1.54) is 53.7 Å². The smallest absolute Gasteiger partial charge is 0.0601 e. The van der Waals surface area contributed by atoms with E-state index in [0.717, 1.165) is 26.2 Å². The summed E-state index contributed by atoms with van der Waals surface area (Å²) in [5.74, 6) is 0.667. The molecule has 2 aliphatic heterocycles. The molecular weight excluding hydrogens is 414 g/mol. The quantitative estimate of drug-likeness (QED) is 0.449. The molecule has 1 N–H and O–H groups in total. The number of piperidine rings is 1. The molecule has 5 rings (SSSR count). The predicted octanol–water partition coefficient (Wildman–Crippen LogP) is 6.37. The van der Waals surface area contributed by atoms with Crippen LogP contribution in [0.25, 0.3) is 0 Å². The van der Waals surface area contributed by atoms with Gasteiger partial charge in [-0.15, -0.1) is 0 Å². The lowest BCUT2D eigenvalue weighted by atomic mass is 9.92. The van der Waals surface area contributed by atoms with Crippen LogP contribution in [0.4, 0.5) is 5.69 Å². The second-order valence-electron chi connectivity index (χ2n) is 10.5. The lowest BCUT2D eigenvalue weighted by Crippen LogP contribution is -2.47. The van der Waals surface area contributed by atoms with E-state index in [4.69, 9.17) is 0 Å². The molecule has 178 valence electrons. The summed E-state index contributed by atoms with van der Waals surface area (Å²) in [5.41, 5.74) is 7.15. The number of rotatable bonds is 7. The summed E-state index contributed by atoms with van der Waals surface area (Å²) in [7, 11) is 0. The molecule has 0 aliphatic carbocycles. The lowest BCUT2D eigenvalue weighted by Gasteiger charge is -2.43. The van der Waals surface area contributed by atoms with Gasteiger partial charge in [0.15, 0.2) is 0 Å². The van der Waals surface area contributed by atoms with E-state index in [2.05, 4.69) is 108 Å². The van der Waals surface area contributed by atoms with E-state index in [1.54, 1.807) is 0 Å². The fourth-order valence-electron chi connectivity index (χ4n) is 5.71. The van der Waals surface area contributed by atoms with Crippen LogP contribution in [-0.4, -0.2) is 42.0 Å². The Kier molecular flexibility index (Phi) is 7.32. The number of benzene rings is 3. The highest BCUT2D eigenvalue weighted by molar-refractivity contribution is 5.49. The maximum atomic E-state index is 3.59. The first kappa shape index (κ1) is 23.1. The minimum absolute atomic E-state index is 0.349. The monoisotopic (exact) mass is 453 g/mol. The van der Waals surface area contributed by atoms with Crippen molar-refractivity contribution in [2.24, 2.45) is 5.92 Å². The van der Waals surface area contributed by atoms with Gasteiger partial charge >= 0.3 is 0 Å². The van der Waals surface area contributed by atoms with Crippen LogP contribution in [0.5, 0.6) is 0 Å². The van der Waals surface area contributed by atoms with E-state index in [-0.39, 0.29) is 0 Å². The Morgan fingerprint density at radius 2 is 1.44 bits per heavy atom. The standard InChI is InChI=1S/C31H39N3/c1-24(2)22-32-29-14-13-28-23-34(18-15-27(28)21-29)30-16-19-33(20-17-30)31(25-9-5-3-6-10-25)26-11-7-4-8-12-26/h3-14,21,24,30-32H,15-20,22-23H2,1-2H3. The number of nitrogens with zero attached hydrogens (tertiary/aromatic N) is 2. The molecular formula is C31H39N3. The summed E-state index contributed by atoms with van der Waals surface area (Å²) in [6.07, 6.45) is 3.67. The van der Waals surface area contributed by atoms with Crippen LogP contribution in [0, 0.1) is 5.92 Å².